The molecule has 1 atom stereocenters. The van der Waals surface area contributed by atoms with E-state index >= 15 is 0 Å². The van der Waals surface area contributed by atoms with Crippen molar-refractivity contribution in [1.82, 2.24) is 9.97 Å². The number of anilines is 1. The Labute approximate surface area is 114 Å². The third-order valence-electron chi connectivity index (χ3n) is 2.70. The van der Waals surface area contributed by atoms with Gasteiger partial charge in [0, 0.05) is 12.0 Å². The molecular formula is C14H20ClN3. The highest BCUT2D eigenvalue weighted by atomic mass is 35.5. The second kappa shape index (κ2) is 7.23. The van der Waals surface area contributed by atoms with Gasteiger partial charge in [-0.3, -0.25) is 0 Å². The van der Waals surface area contributed by atoms with E-state index in [-0.39, 0.29) is 6.04 Å². The molecule has 0 aromatic carbocycles. The fraction of sp³-hybridized carbons (Fsp3) is 0.571. The van der Waals surface area contributed by atoms with Crippen molar-refractivity contribution in [3.05, 3.63) is 16.5 Å². The number of aryl methyl sites for hydroxylation is 1. The van der Waals surface area contributed by atoms with Crippen LogP contribution in [0.4, 0.5) is 5.82 Å². The summed E-state index contributed by atoms with van der Waals surface area (Å²) >= 11 is 6.12. The first-order chi connectivity index (χ1) is 8.62. The Kier molecular flexibility index (Phi) is 5.94. The molecule has 1 heterocycles. The van der Waals surface area contributed by atoms with Gasteiger partial charge >= 0.3 is 0 Å². The van der Waals surface area contributed by atoms with Crippen LogP contribution < -0.4 is 5.32 Å². The van der Waals surface area contributed by atoms with E-state index in [4.69, 9.17) is 18.0 Å². The molecule has 0 amide bonds. The van der Waals surface area contributed by atoms with Gasteiger partial charge in [0.05, 0.1) is 6.04 Å². The Morgan fingerprint density at radius 1 is 1.33 bits per heavy atom. The minimum atomic E-state index is -0.00542. The maximum absolute atomic E-state index is 6.12. The van der Waals surface area contributed by atoms with Crippen molar-refractivity contribution in [3.8, 4) is 12.3 Å². The van der Waals surface area contributed by atoms with Gasteiger partial charge in [-0.05, 0) is 19.8 Å². The first-order valence-electron chi connectivity index (χ1n) is 6.38. The number of hydrogen-bond donors (Lipinski definition) is 1. The molecule has 0 aliphatic heterocycles. The zero-order chi connectivity index (χ0) is 13.5. The predicted octanol–water partition coefficient (Wildman–Crippen LogP) is 3.60. The summed E-state index contributed by atoms with van der Waals surface area (Å²) < 4.78 is 0. The van der Waals surface area contributed by atoms with Crippen LogP contribution in [0.5, 0.6) is 0 Å². The van der Waals surface area contributed by atoms with Crippen molar-refractivity contribution >= 4 is 17.4 Å². The van der Waals surface area contributed by atoms with Crippen LogP contribution in [0, 0.1) is 19.3 Å². The summed E-state index contributed by atoms with van der Waals surface area (Å²) in [7, 11) is 0. The van der Waals surface area contributed by atoms with E-state index in [0.717, 1.165) is 42.9 Å². The van der Waals surface area contributed by atoms with Crippen molar-refractivity contribution in [3.63, 3.8) is 0 Å². The molecule has 18 heavy (non-hydrogen) atoms. The molecule has 1 aromatic rings. The number of rotatable bonds is 6. The molecule has 1 unspecified atom stereocenters. The molecule has 0 fully saturated rings. The van der Waals surface area contributed by atoms with Crippen LogP contribution in [-0.2, 0) is 6.42 Å². The standard InChI is InChI=1S/C14H20ClN3/c1-5-8-11(7-3)16-14-10(4)13(15)17-12(18-14)9-6-2/h3,11H,5-6,8-9H2,1-2,4H3,(H,16,17,18). The first kappa shape index (κ1) is 14.8. The third kappa shape index (κ3) is 3.89. The Balaban J connectivity index is 2.96. The zero-order valence-corrected chi connectivity index (χ0v) is 12.0. The van der Waals surface area contributed by atoms with Crippen LogP contribution in [0.3, 0.4) is 0 Å². The summed E-state index contributed by atoms with van der Waals surface area (Å²) in [4.78, 5) is 8.76. The first-order valence-corrected chi connectivity index (χ1v) is 6.75. The highest BCUT2D eigenvalue weighted by Crippen LogP contribution is 2.21. The van der Waals surface area contributed by atoms with Crippen molar-refractivity contribution in [2.24, 2.45) is 0 Å². The Morgan fingerprint density at radius 2 is 2.06 bits per heavy atom. The van der Waals surface area contributed by atoms with Gasteiger partial charge in [0.2, 0.25) is 0 Å². The molecule has 0 aliphatic carbocycles. The fourth-order valence-corrected chi connectivity index (χ4v) is 1.85. The fourth-order valence-electron chi connectivity index (χ4n) is 1.66. The van der Waals surface area contributed by atoms with Crippen molar-refractivity contribution in [1.29, 1.82) is 0 Å². The maximum atomic E-state index is 6.12. The van der Waals surface area contributed by atoms with E-state index in [1.54, 1.807) is 0 Å². The van der Waals surface area contributed by atoms with Gasteiger partial charge in [0.15, 0.2) is 0 Å². The second-order valence-corrected chi connectivity index (χ2v) is 4.66. The van der Waals surface area contributed by atoms with Gasteiger partial charge in [-0.15, -0.1) is 6.42 Å². The molecule has 1 rings (SSSR count). The molecule has 0 saturated carbocycles. The van der Waals surface area contributed by atoms with Crippen LogP contribution in [-0.4, -0.2) is 16.0 Å². The average Bonchev–Trinajstić information content (AvgIpc) is 2.35. The summed E-state index contributed by atoms with van der Waals surface area (Å²) in [5, 5.41) is 3.77. The van der Waals surface area contributed by atoms with E-state index < -0.39 is 0 Å². The number of hydrogen-bond acceptors (Lipinski definition) is 3. The van der Waals surface area contributed by atoms with E-state index in [9.17, 15) is 0 Å². The molecule has 3 nitrogen and oxygen atoms in total. The lowest BCUT2D eigenvalue weighted by Crippen LogP contribution is -2.19. The maximum Gasteiger partial charge on any atom is 0.137 e. The topological polar surface area (TPSA) is 37.8 Å². The number of nitrogens with one attached hydrogen (secondary N) is 1. The number of halogens is 1. The average molecular weight is 266 g/mol. The quantitative estimate of drug-likeness (QED) is 0.631. The summed E-state index contributed by atoms with van der Waals surface area (Å²) in [5.74, 6) is 4.26. The summed E-state index contributed by atoms with van der Waals surface area (Å²) in [6.45, 7) is 6.10. The summed E-state index contributed by atoms with van der Waals surface area (Å²) in [5.41, 5.74) is 0.855. The van der Waals surface area contributed by atoms with Crippen molar-refractivity contribution in [2.45, 2.75) is 52.5 Å². The molecule has 1 N–H and O–H groups in total. The molecule has 0 radical (unpaired) electrons. The number of aromatic nitrogens is 2. The van der Waals surface area contributed by atoms with Gasteiger partial charge in [-0.25, -0.2) is 9.97 Å². The van der Waals surface area contributed by atoms with Crippen LogP contribution in [0.2, 0.25) is 5.15 Å². The Bertz CT molecular complexity index is 437. The normalized spacial score (nSPS) is 11.9. The van der Waals surface area contributed by atoms with Gasteiger partial charge < -0.3 is 5.32 Å². The summed E-state index contributed by atoms with van der Waals surface area (Å²) in [6, 6.07) is -0.00542. The molecule has 0 aliphatic rings. The van der Waals surface area contributed by atoms with Crippen molar-refractivity contribution < 1.29 is 0 Å². The Morgan fingerprint density at radius 3 is 2.61 bits per heavy atom. The van der Waals surface area contributed by atoms with E-state index in [1.807, 2.05) is 6.92 Å². The van der Waals surface area contributed by atoms with E-state index in [0.29, 0.717) is 5.15 Å². The lowest BCUT2D eigenvalue weighted by molar-refractivity contribution is 0.746. The molecule has 1 aromatic heterocycles. The van der Waals surface area contributed by atoms with Crippen LogP contribution in [0.25, 0.3) is 0 Å². The zero-order valence-electron chi connectivity index (χ0n) is 11.3. The lowest BCUT2D eigenvalue weighted by atomic mass is 10.1. The number of terminal acetylenes is 1. The largest absolute Gasteiger partial charge is 0.356 e. The van der Waals surface area contributed by atoms with E-state index in [1.165, 1.54) is 0 Å². The van der Waals surface area contributed by atoms with Gasteiger partial charge in [-0.1, -0.05) is 37.8 Å². The highest BCUT2D eigenvalue weighted by Gasteiger charge is 2.12. The van der Waals surface area contributed by atoms with Crippen LogP contribution in [0.1, 0.15) is 44.5 Å². The summed E-state index contributed by atoms with van der Waals surface area (Å²) in [6.07, 6.45) is 9.26. The highest BCUT2D eigenvalue weighted by molar-refractivity contribution is 6.30. The number of nitrogens with zero attached hydrogens (tertiary/aromatic N) is 2. The smallest absolute Gasteiger partial charge is 0.137 e. The molecular weight excluding hydrogens is 246 g/mol. The van der Waals surface area contributed by atoms with E-state index in [2.05, 4.69) is 35.1 Å². The molecule has 98 valence electrons. The monoisotopic (exact) mass is 265 g/mol. The third-order valence-corrected chi connectivity index (χ3v) is 3.06. The minimum absolute atomic E-state index is 0.00542. The van der Waals surface area contributed by atoms with Crippen molar-refractivity contribution in [2.75, 3.05) is 5.32 Å². The SMILES string of the molecule is C#CC(CCC)Nc1nc(CCC)nc(Cl)c1C. The molecule has 0 spiro atoms. The van der Waals surface area contributed by atoms with Gasteiger partial charge in [0.25, 0.3) is 0 Å². The van der Waals surface area contributed by atoms with Crippen LogP contribution >= 0.6 is 11.6 Å². The molecule has 0 saturated heterocycles. The molecule has 4 heteroatoms. The van der Waals surface area contributed by atoms with Gasteiger partial charge in [-0.2, -0.15) is 0 Å². The minimum Gasteiger partial charge on any atom is -0.356 e. The predicted molar refractivity (Wildman–Crippen MR) is 76.9 cm³/mol. The van der Waals surface area contributed by atoms with Crippen LogP contribution in [0.15, 0.2) is 0 Å². The lowest BCUT2D eigenvalue weighted by Gasteiger charge is -2.16. The molecule has 0 bridgehead atoms. The Hall–Kier alpha value is -1.27. The van der Waals surface area contributed by atoms with Gasteiger partial charge in [0.1, 0.15) is 16.8 Å². The second-order valence-electron chi connectivity index (χ2n) is 4.31.